The van der Waals surface area contributed by atoms with Crippen LogP contribution in [0.1, 0.15) is 0 Å². The van der Waals surface area contributed by atoms with Gasteiger partial charge in [0.2, 0.25) is 5.56 Å². The van der Waals surface area contributed by atoms with Crippen molar-refractivity contribution in [2.75, 3.05) is 18.1 Å². The first-order chi connectivity index (χ1) is 11.0. The smallest absolute Gasteiger partial charge is 0.335 e. The molecule has 0 radical (unpaired) electrons. The number of aromatic nitrogens is 1. The van der Waals surface area contributed by atoms with E-state index in [9.17, 15) is 19.5 Å². The number of aliphatic hydroxyl groups excluding tert-OH is 1. The second-order valence-corrected chi connectivity index (χ2v) is 5.16. The summed E-state index contributed by atoms with van der Waals surface area (Å²) in [5.41, 5.74) is 0.794. The average Bonchev–Trinajstić information content (AvgIpc) is 2.53. The first kappa shape index (κ1) is 15.2. The van der Waals surface area contributed by atoms with E-state index in [4.69, 9.17) is 9.84 Å². The molecule has 0 unspecified atom stereocenters. The first-order valence-corrected chi connectivity index (χ1v) is 6.94. The van der Waals surface area contributed by atoms with Crippen molar-refractivity contribution in [2.24, 2.45) is 0 Å². The molecule has 1 aliphatic rings. The molecular formula is C15H14N2O6. The minimum Gasteiger partial charge on any atom is -0.479 e. The summed E-state index contributed by atoms with van der Waals surface area (Å²) in [4.78, 5) is 38.6. The van der Waals surface area contributed by atoms with Gasteiger partial charge < -0.3 is 24.8 Å². The topological polar surface area (TPSA) is 120 Å². The zero-order valence-electron chi connectivity index (χ0n) is 11.9. The maximum absolute atomic E-state index is 12.4. The Morgan fingerprint density at radius 2 is 2.04 bits per heavy atom. The van der Waals surface area contributed by atoms with Gasteiger partial charge in [-0.2, -0.15) is 0 Å². The molecule has 2 heterocycles. The van der Waals surface area contributed by atoms with Crippen LogP contribution in [0.25, 0.3) is 10.9 Å². The summed E-state index contributed by atoms with van der Waals surface area (Å²) in [5, 5.41) is 19.2. The molecule has 2 aromatic rings. The lowest BCUT2D eigenvalue weighted by Gasteiger charge is -2.33. The Morgan fingerprint density at radius 3 is 2.78 bits per heavy atom. The number of pyridine rings is 1. The van der Waals surface area contributed by atoms with E-state index in [1.807, 2.05) is 0 Å². The second kappa shape index (κ2) is 5.82. The molecule has 0 saturated carbocycles. The number of fused-ring (bicyclic) bond motifs is 1. The fraction of sp³-hybridized carbons (Fsp3) is 0.267. The number of rotatable bonds is 3. The molecule has 120 valence electrons. The monoisotopic (exact) mass is 318 g/mol. The number of H-pyrrole nitrogens is 1. The molecule has 0 spiro atoms. The van der Waals surface area contributed by atoms with E-state index < -0.39 is 24.1 Å². The third-order valence-corrected chi connectivity index (χ3v) is 3.68. The van der Waals surface area contributed by atoms with Crippen molar-refractivity contribution in [1.82, 2.24) is 4.98 Å². The predicted molar refractivity (Wildman–Crippen MR) is 80.3 cm³/mol. The lowest BCUT2D eigenvalue weighted by atomic mass is 10.1. The number of carbonyl (C=O) groups is 2. The number of benzene rings is 1. The number of nitrogens with zero attached hydrogens (tertiary/aromatic N) is 1. The number of anilines is 1. The van der Waals surface area contributed by atoms with Crippen molar-refractivity contribution in [3.8, 4) is 0 Å². The normalized spacial score (nSPS) is 19.8. The van der Waals surface area contributed by atoms with Crippen LogP contribution in [-0.4, -0.2) is 52.4 Å². The number of hydrogen-bond donors (Lipinski definition) is 3. The molecule has 1 saturated heterocycles. The van der Waals surface area contributed by atoms with Crippen LogP contribution in [-0.2, 0) is 14.3 Å². The van der Waals surface area contributed by atoms with Crippen LogP contribution in [0.4, 0.5) is 5.69 Å². The molecule has 8 heteroatoms. The Hall–Kier alpha value is -2.71. The van der Waals surface area contributed by atoms with Gasteiger partial charge in [-0.15, -0.1) is 0 Å². The highest BCUT2D eigenvalue weighted by Gasteiger charge is 2.39. The number of amides is 1. The van der Waals surface area contributed by atoms with Crippen LogP contribution in [0, 0.1) is 0 Å². The molecule has 0 aliphatic carbocycles. The van der Waals surface area contributed by atoms with Gasteiger partial charge in [0.05, 0.1) is 12.1 Å². The molecule has 1 amide bonds. The number of morpholine rings is 1. The summed E-state index contributed by atoms with van der Waals surface area (Å²) in [5.74, 6) is -2.16. The maximum atomic E-state index is 12.4. The molecule has 1 aromatic heterocycles. The van der Waals surface area contributed by atoms with Gasteiger partial charge >= 0.3 is 5.97 Å². The van der Waals surface area contributed by atoms with Gasteiger partial charge in [0, 0.05) is 18.3 Å². The molecule has 1 aliphatic heterocycles. The van der Waals surface area contributed by atoms with Gasteiger partial charge in [0.15, 0.2) is 12.2 Å². The minimum absolute atomic E-state index is 0.101. The number of aromatic amines is 1. The van der Waals surface area contributed by atoms with E-state index in [0.717, 1.165) is 5.39 Å². The highest BCUT2D eigenvalue weighted by Crippen LogP contribution is 2.23. The highest BCUT2D eigenvalue weighted by molar-refractivity contribution is 6.01. The molecule has 1 fully saturated rings. The van der Waals surface area contributed by atoms with Crippen molar-refractivity contribution < 1.29 is 24.5 Å². The van der Waals surface area contributed by atoms with Crippen LogP contribution in [0.2, 0.25) is 0 Å². The molecule has 3 rings (SSSR count). The van der Waals surface area contributed by atoms with E-state index in [0.29, 0.717) is 11.2 Å². The molecule has 3 N–H and O–H groups in total. The van der Waals surface area contributed by atoms with Gasteiger partial charge in [0.1, 0.15) is 0 Å². The second-order valence-electron chi connectivity index (χ2n) is 5.16. The van der Waals surface area contributed by atoms with Crippen molar-refractivity contribution in [3.05, 3.63) is 40.7 Å². The Kier molecular flexibility index (Phi) is 3.85. The summed E-state index contributed by atoms with van der Waals surface area (Å²) in [6.07, 6.45) is -3.38. The number of hydrogen-bond acceptors (Lipinski definition) is 5. The molecule has 0 bridgehead atoms. The zero-order valence-corrected chi connectivity index (χ0v) is 11.9. The number of carbonyl (C=O) groups excluding carboxylic acids is 1. The van der Waals surface area contributed by atoms with Crippen molar-refractivity contribution >= 4 is 28.5 Å². The lowest BCUT2D eigenvalue weighted by molar-refractivity contribution is -0.163. The van der Waals surface area contributed by atoms with Gasteiger partial charge in [0.25, 0.3) is 5.91 Å². The molecule has 23 heavy (non-hydrogen) atoms. The summed E-state index contributed by atoms with van der Waals surface area (Å²) in [6, 6.07) is 8.13. The molecule has 8 nitrogen and oxygen atoms in total. The number of carboxylic acid groups (broad SMARTS) is 1. The minimum atomic E-state index is -1.93. The third-order valence-electron chi connectivity index (χ3n) is 3.68. The number of ether oxygens (including phenoxy) is 1. The summed E-state index contributed by atoms with van der Waals surface area (Å²) < 4.78 is 5.09. The first-order valence-electron chi connectivity index (χ1n) is 6.94. The van der Waals surface area contributed by atoms with E-state index in [1.54, 1.807) is 24.3 Å². The van der Waals surface area contributed by atoms with Crippen LogP contribution < -0.4 is 10.5 Å². The molecule has 1 aromatic carbocycles. The SMILES string of the molecule is O=C(O)[C@H](O)[C@H]1OCCN(c2ccc3ccc(=O)[nH]c3c2)C1=O. The number of aliphatic carboxylic acids is 1. The quantitative estimate of drug-likeness (QED) is 0.715. The number of aliphatic hydroxyl groups is 1. The van der Waals surface area contributed by atoms with Crippen LogP contribution in [0.15, 0.2) is 35.1 Å². The van der Waals surface area contributed by atoms with Crippen molar-refractivity contribution in [1.29, 1.82) is 0 Å². The molecular weight excluding hydrogens is 304 g/mol. The Labute approximate surface area is 129 Å². The van der Waals surface area contributed by atoms with E-state index in [-0.39, 0.29) is 18.7 Å². The average molecular weight is 318 g/mol. The largest absolute Gasteiger partial charge is 0.479 e. The van der Waals surface area contributed by atoms with Gasteiger partial charge in [-0.05, 0) is 23.6 Å². The number of carboxylic acids is 1. The predicted octanol–water partition coefficient (Wildman–Crippen LogP) is -0.295. The number of nitrogens with one attached hydrogen (secondary N) is 1. The summed E-state index contributed by atoms with van der Waals surface area (Å²) in [6.45, 7) is 0.328. The van der Waals surface area contributed by atoms with Gasteiger partial charge in [-0.1, -0.05) is 6.07 Å². The van der Waals surface area contributed by atoms with Gasteiger partial charge in [-0.3, -0.25) is 9.59 Å². The van der Waals surface area contributed by atoms with Crippen LogP contribution in [0.3, 0.4) is 0 Å². The standard InChI is InChI=1S/C15H14N2O6/c18-11-4-2-8-1-3-9(7-10(8)16-11)17-5-6-23-13(14(17)20)12(19)15(21)22/h1-4,7,12-13,19H,5-6H2,(H,16,18)(H,21,22)/t12-,13-/m1/s1. The van der Waals surface area contributed by atoms with E-state index >= 15 is 0 Å². The fourth-order valence-electron chi connectivity index (χ4n) is 2.52. The Bertz CT molecular complexity index is 830. The highest BCUT2D eigenvalue weighted by atomic mass is 16.5. The summed E-state index contributed by atoms with van der Waals surface area (Å²) >= 11 is 0. The third kappa shape index (κ3) is 2.81. The zero-order chi connectivity index (χ0) is 16.6. The Balaban J connectivity index is 1.95. The fourth-order valence-corrected chi connectivity index (χ4v) is 2.52. The van der Waals surface area contributed by atoms with Gasteiger partial charge in [-0.25, -0.2) is 4.79 Å². The molecule has 2 atom stereocenters. The van der Waals surface area contributed by atoms with E-state index in [1.165, 1.54) is 11.0 Å². The van der Waals surface area contributed by atoms with Crippen molar-refractivity contribution in [2.45, 2.75) is 12.2 Å². The Morgan fingerprint density at radius 1 is 1.30 bits per heavy atom. The van der Waals surface area contributed by atoms with Crippen molar-refractivity contribution in [3.63, 3.8) is 0 Å². The summed E-state index contributed by atoms with van der Waals surface area (Å²) in [7, 11) is 0. The van der Waals surface area contributed by atoms with E-state index in [2.05, 4.69) is 4.98 Å². The van der Waals surface area contributed by atoms with Crippen LogP contribution in [0.5, 0.6) is 0 Å². The lowest BCUT2D eigenvalue weighted by Crippen LogP contribution is -2.54. The maximum Gasteiger partial charge on any atom is 0.335 e. The van der Waals surface area contributed by atoms with Crippen LogP contribution >= 0.6 is 0 Å².